The summed E-state index contributed by atoms with van der Waals surface area (Å²) in [6, 6.07) is 4.64. The van der Waals surface area contributed by atoms with Crippen molar-refractivity contribution in [2.75, 3.05) is 13.2 Å². The van der Waals surface area contributed by atoms with E-state index >= 15 is 0 Å². The molecular formula is C46H68O8. The first-order valence-corrected chi connectivity index (χ1v) is 21.8. The van der Waals surface area contributed by atoms with Gasteiger partial charge in [-0.1, -0.05) is 71.8 Å². The standard InChI is InChI=1S/C46H68O8/c1-4-9-32-11-15-34(16-12-32)36-19-23-38(24-20-36)44(48)53-40-27-28-42(41(31-40)46(50)52-30-8-7-29-51-43(47)6-3)54-45(49)39-25-21-37(22-26-39)35-17-13-33(10-5-2)14-18-35/h6,27-28,31-39H,3-5,7-26,29-30H2,1-2H3. The van der Waals surface area contributed by atoms with E-state index in [1.54, 1.807) is 12.1 Å². The van der Waals surface area contributed by atoms with E-state index in [9.17, 15) is 19.2 Å². The van der Waals surface area contributed by atoms with Crippen molar-refractivity contribution >= 4 is 23.9 Å². The van der Waals surface area contributed by atoms with Gasteiger partial charge in [0.1, 0.15) is 17.1 Å². The number of ether oxygens (including phenoxy) is 4. The summed E-state index contributed by atoms with van der Waals surface area (Å²) in [5.74, 6) is 2.96. The monoisotopic (exact) mass is 748 g/mol. The zero-order valence-corrected chi connectivity index (χ0v) is 33.4. The smallest absolute Gasteiger partial charge is 0.342 e. The first-order valence-electron chi connectivity index (χ1n) is 21.8. The van der Waals surface area contributed by atoms with Gasteiger partial charge in [0, 0.05) is 6.08 Å². The first-order chi connectivity index (χ1) is 26.3. The molecule has 300 valence electrons. The predicted octanol–water partition coefficient (Wildman–Crippen LogP) is 11.0. The molecule has 0 radical (unpaired) electrons. The number of carbonyl (C=O) groups is 4. The van der Waals surface area contributed by atoms with Crippen LogP contribution in [0.1, 0.15) is 165 Å². The summed E-state index contributed by atoms with van der Waals surface area (Å²) < 4.78 is 22.4. The topological polar surface area (TPSA) is 105 Å². The maximum Gasteiger partial charge on any atom is 0.342 e. The van der Waals surface area contributed by atoms with E-state index in [1.165, 1.54) is 83.1 Å². The van der Waals surface area contributed by atoms with Gasteiger partial charge < -0.3 is 18.9 Å². The van der Waals surface area contributed by atoms with Crippen molar-refractivity contribution < 1.29 is 38.1 Å². The minimum Gasteiger partial charge on any atom is -0.463 e. The average molecular weight is 749 g/mol. The Kier molecular flexibility index (Phi) is 17.0. The van der Waals surface area contributed by atoms with Gasteiger partial charge in [-0.2, -0.15) is 0 Å². The molecule has 0 amide bonds. The molecule has 4 fully saturated rings. The Morgan fingerprint density at radius 3 is 1.52 bits per heavy atom. The van der Waals surface area contributed by atoms with E-state index in [4.69, 9.17) is 18.9 Å². The number of unbranched alkanes of at least 4 members (excludes halogenated alkanes) is 1. The quantitative estimate of drug-likeness (QED) is 0.0671. The van der Waals surface area contributed by atoms with Gasteiger partial charge in [-0.15, -0.1) is 0 Å². The normalized spacial score (nSPS) is 28.7. The molecule has 4 aliphatic rings. The maximum atomic E-state index is 13.5. The number of esters is 4. The van der Waals surface area contributed by atoms with E-state index in [2.05, 4.69) is 20.4 Å². The van der Waals surface area contributed by atoms with Crippen LogP contribution in [-0.2, 0) is 23.9 Å². The van der Waals surface area contributed by atoms with Gasteiger partial charge in [-0.3, -0.25) is 9.59 Å². The second-order valence-electron chi connectivity index (χ2n) is 17.1. The van der Waals surface area contributed by atoms with Crippen molar-refractivity contribution in [1.29, 1.82) is 0 Å². The van der Waals surface area contributed by atoms with E-state index in [-0.39, 0.29) is 54.1 Å². The largest absolute Gasteiger partial charge is 0.463 e. The molecule has 1 aromatic rings. The number of hydrogen-bond donors (Lipinski definition) is 0. The lowest BCUT2D eigenvalue weighted by molar-refractivity contribution is -0.141. The Balaban J connectivity index is 1.15. The van der Waals surface area contributed by atoms with Crippen LogP contribution in [0.25, 0.3) is 0 Å². The number of rotatable bonds is 17. The van der Waals surface area contributed by atoms with Crippen LogP contribution in [-0.4, -0.2) is 37.1 Å². The first kappa shape index (κ1) is 42.0. The highest BCUT2D eigenvalue weighted by molar-refractivity contribution is 5.94. The van der Waals surface area contributed by atoms with E-state index in [0.29, 0.717) is 24.7 Å². The van der Waals surface area contributed by atoms with Gasteiger partial charge in [0.25, 0.3) is 0 Å². The molecule has 5 rings (SSSR count). The predicted molar refractivity (Wildman–Crippen MR) is 210 cm³/mol. The van der Waals surface area contributed by atoms with Crippen molar-refractivity contribution in [3.8, 4) is 11.5 Å². The molecule has 4 saturated carbocycles. The Morgan fingerprint density at radius 1 is 0.611 bits per heavy atom. The molecule has 0 unspecified atom stereocenters. The average Bonchev–Trinajstić information content (AvgIpc) is 3.20. The third-order valence-electron chi connectivity index (χ3n) is 13.5. The molecule has 0 aliphatic heterocycles. The summed E-state index contributed by atoms with van der Waals surface area (Å²) in [5, 5.41) is 0. The zero-order valence-electron chi connectivity index (χ0n) is 33.4. The number of benzene rings is 1. The highest BCUT2D eigenvalue weighted by atomic mass is 16.6. The molecule has 0 atom stereocenters. The fraction of sp³-hybridized carbons (Fsp3) is 0.739. The molecule has 0 bridgehead atoms. The minimum atomic E-state index is -0.657. The molecule has 0 spiro atoms. The van der Waals surface area contributed by atoms with Gasteiger partial charge in [0.05, 0.1) is 25.0 Å². The van der Waals surface area contributed by atoms with Crippen molar-refractivity contribution in [2.24, 2.45) is 47.3 Å². The minimum absolute atomic E-state index is 0.0617. The van der Waals surface area contributed by atoms with Crippen molar-refractivity contribution in [2.45, 2.75) is 155 Å². The summed E-state index contributed by atoms with van der Waals surface area (Å²) in [6.45, 7) is 8.24. The Hall–Kier alpha value is -3.16. The molecule has 0 heterocycles. The van der Waals surface area contributed by atoms with Crippen LogP contribution in [0, 0.1) is 47.3 Å². The van der Waals surface area contributed by atoms with Crippen LogP contribution < -0.4 is 9.47 Å². The van der Waals surface area contributed by atoms with Gasteiger partial charge in [-0.25, -0.2) is 9.59 Å². The Bertz CT molecular complexity index is 1350. The number of carbonyl (C=O) groups excluding carboxylic acids is 4. The molecule has 8 nitrogen and oxygen atoms in total. The molecule has 0 saturated heterocycles. The van der Waals surface area contributed by atoms with Crippen LogP contribution >= 0.6 is 0 Å². The van der Waals surface area contributed by atoms with Crippen LogP contribution in [0.15, 0.2) is 30.9 Å². The van der Waals surface area contributed by atoms with E-state index in [0.717, 1.165) is 81.1 Å². The summed E-state index contributed by atoms with van der Waals surface area (Å²) in [6.07, 6.45) is 25.4. The summed E-state index contributed by atoms with van der Waals surface area (Å²) in [5.41, 5.74) is 0.0617. The molecular weight excluding hydrogens is 680 g/mol. The highest BCUT2D eigenvalue weighted by Crippen LogP contribution is 2.44. The fourth-order valence-corrected chi connectivity index (χ4v) is 10.3. The molecule has 1 aromatic carbocycles. The zero-order chi connectivity index (χ0) is 38.3. The summed E-state index contributed by atoms with van der Waals surface area (Å²) in [4.78, 5) is 51.6. The Morgan fingerprint density at radius 2 is 1.06 bits per heavy atom. The maximum absolute atomic E-state index is 13.5. The lowest BCUT2D eigenvalue weighted by Gasteiger charge is -2.37. The van der Waals surface area contributed by atoms with E-state index in [1.807, 2.05) is 0 Å². The van der Waals surface area contributed by atoms with Crippen LogP contribution in [0.2, 0.25) is 0 Å². The van der Waals surface area contributed by atoms with Gasteiger partial charge >= 0.3 is 23.9 Å². The molecule has 4 aliphatic carbocycles. The van der Waals surface area contributed by atoms with Crippen LogP contribution in [0.4, 0.5) is 0 Å². The molecule has 8 heteroatoms. The lowest BCUT2D eigenvalue weighted by Crippen LogP contribution is -2.30. The van der Waals surface area contributed by atoms with Crippen LogP contribution in [0.3, 0.4) is 0 Å². The summed E-state index contributed by atoms with van der Waals surface area (Å²) in [7, 11) is 0. The highest BCUT2D eigenvalue weighted by Gasteiger charge is 2.36. The summed E-state index contributed by atoms with van der Waals surface area (Å²) >= 11 is 0. The number of hydrogen-bond acceptors (Lipinski definition) is 8. The van der Waals surface area contributed by atoms with Crippen molar-refractivity contribution in [3.63, 3.8) is 0 Å². The van der Waals surface area contributed by atoms with Gasteiger partial charge in [0.15, 0.2) is 0 Å². The Labute approximate surface area is 324 Å². The van der Waals surface area contributed by atoms with Crippen molar-refractivity contribution in [3.05, 3.63) is 36.4 Å². The lowest BCUT2D eigenvalue weighted by atomic mass is 9.69. The second-order valence-corrected chi connectivity index (χ2v) is 17.1. The van der Waals surface area contributed by atoms with Crippen LogP contribution in [0.5, 0.6) is 11.5 Å². The third-order valence-corrected chi connectivity index (χ3v) is 13.5. The van der Waals surface area contributed by atoms with Gasteiger partial charge in [-0.05, 0) is 144 Å². The molecule has 0 N–H and O–H groups in total. The van der Waals surface area contributed by atoms with E-state index < -0.39 is 11.9 Å². The van der Waals surface area contributed by atoms with Crippen molar-refractivity contribution in [1.82, 2.24) is 0 Å². The SMILES string of the molecule is C=CC(=O)OCCCCOC(=O)c1cc(OC(=O)C2CCC(C3CCC(CCC)CC3)CC2)ccc1OC(=O)C1CCC(C2CCC(CCC)CC2)CC1. The molecule has 0 aromatic heterocycles. The van der Waals surface area contributed by atoms with Gasteiger partial charge in [0.2, 0.25) is 0 Å². The second kappa shape index (κ2) is 21.8. The fourth-order valence-electron chi connectivity index (χ4n) is 10.3. The molecule has 54 heavy (non-hydrogen) atoms. The third kappa shape index (κ3) is 12.4.